The minimum Gasteiger partial charge on any atom is -0.311 e. The molecule has 0 unspecified atom stereocenters. The molecule has 0 bridgehead atoms. The molecule has 2 aromatic rings. The second-order valence-electron chi connectivity index (χ2n) is 3.25. The van der Waals surface area contributed by atoms with Crippen molar-refractivity contribution < 1.29 is 0 Å². The summed E-state index contributed by atoms with van der Waals surface area (Å²) in [4.78, 5) is 8.59. The van der Waals surface area contributed by atoms with E-state index in [1.54, 1.807) is 23.3 Å². The van der Waals surface area contributed by atoms with Crippen LogP contribution in [0.15, 0.2) is 29.3 Å². The van der Waals surface area contributed by atoms with E-state index in [0.717, 1.165) is 29.1 Å². The SMILES string of the molecule is CCNCc1cncc(-n2cc(Br)cn2)n1. The van der Waals surface area contributed by atoms with E-state index in [-0.39, 0.29) is 0 Å². The van der Waals surface area contributed by atoms with Gasteiger partial charge in [0.2, 0.25) is 0 Å². The van der Waals surface area contributed by atoms with Crippen molar-refractivity contribution in [2.75, 3.05) is 6.54 Å². The number of nitrogens with one attached hydrogen (secondary N) is 1. The first-order chi connectivity index (χ1) is 7.79. The smallest absolute Gasteiger partial charge is 0.172 e. The molecule has 0 saturated heterocycles. The van der Waals surface area contributed by atoms with Crippen LogP contribution in [0.1, 0.15) is 12.6 Å². The van der Waals surface area contributed by atoms with Crippen LogP contribution in [0.25, 0.3) is 5.82 Å². The first kappa shape index (κ1) is 11.2. The summed E-state index contributed by atoms with van der Waals surface area (Å²) in [7, 11) is 0. The third kappa shape index (κ3) is 2.65. The quantitative estimate of drug-likeness (QED) is 0.924. The maximum atomic E-state index is 4.45. The molecular weight excluding hydrogens is 270 g/mol. The number of nitrogens with zero attached hydrogens (tertiary/aromatic N) is 4. The molecule has 0 radical (unpaired) electrons. The highest BCUT2D eigenvalue weighted by Gasteiger charge is 2.02. The van der Waals surface area contributed by atoms with Crippen molar-refractivity contribution in [3.8, 4) is 5.82 Å². The third-order valence-electron chi connectivity index (χ3n) is 2.01. The molecule has 0 aromatic carbocycles. The monoisotopic (exact) mass is 281 g/mol. The molecular formula is C10H12BrN5. The Morgan fingerprint density at radius 1 is 1.38 bits per heavy atom. The average Bonchev–Trinajstić information content (AvgIpc) is 2.74. The summed E-state index contributed by atoms with van der Waals surface area (Å²) < 4.78 is 2.61. The topological polar surface area (TPSA) is 55.6 Å². The standard InChI is InChI=1S/C10H12BrN5/c1-2-12-4-9-5-13-6-10(15-9)16-7-8(11)3-14-16/h3,5-7,12H,2,4H2,1H3. The lowest BCUT2D eigenvalue weighted by Crippen LogP contribution is -2.14. The van der Waals surface area contributed by atoms with Gasteiger partial charge in [-0.15, -0.1) is 0 Å². The maximum absolute atomic E-state index is 4.45. The highest BCUT2D eigenvalue weighted by Crippen LogP contribution is 2.10. The Balaban J connectivity index is 2.22. The Hall–Kier alpha value is -1.27. The fourth-order valence-electron chi connectivity index (χ4n) is 1.27. The molecule has 6 heteroatoms. The van der Waals surface area contributed by atoms with Gasteiger partial charge >= 0.3 is 0 Å². The third-order valence-corrected chi connectivity index (χ3v) is 2.42. The molecule has 16 heavy (non-hydrogen) atoms. The van der Waals surface area contributed by atoms with Crippen molar-refractivity contribution in [3.63, 3.8) is 0 Å². The highest BCUT2D eigenvalue weighted by molar-refractivity contribution is 9.10. The van der Waals surface area contributed by atoms with Gasteiger partial charge < -0.3 is 5.32 Å². The number of hydrogen-bond donors (Lipinski definition) is 1. The molecule has 0 aliphatic heterocycles. The fourth-order valence-corrected chi connectivity index (χ4v) is 1.56. The van der Waals surface area contributed by atoms with Crippen LogP contribution < -0.4 is 5.32 Å². The number of halogens is 1. The molecule has 0 spiro atoms. The van der Waals surface area contributed by atoms with Crippen LogP contribution in [0.5, 0.6) is 0 Å². The van der Waals surface area contributed by atoms with Crippen molar-refractivity contribution in [1.82, 2.24) is 25.1 Å². The van der Waals surface area contributed by atoms with Gasteiger partial charge in [0.1, 0.15) is 0 Å². The zero-order chi connectivity index (χ0) is 11.4. The van der Waals surface area contributed by atoms with E-state index < -0.39 is 0 Å². The summed E-state index contributed by atoms with van der Waals surface area (Å²) in [5.41, 5.74) is 0.908. The zero-order valence-corrected chi connectivity index (χ0v) is 10.5. The molecule has 84 valence electrons. The average molecular weight is 282 g/mol. The van der Waals surface area contributed by atoms with Gasteiger partial charge in [0.25, 0.3) is 0 Å². The molecule has 2 aromatic heterocycles. The Morgan fingerprint density at radius 2 is 2.25 bits per heavy atom. The van der Waals surface area contributed by atoms with Crippen LogP contribution in [-0.4, -0.2) is 26.3 Å². The molecule has 5 nitrogen and oxygen atoms in total. The Labute approximate surface area is 102 Å². The Bertz CT molecular complexity index is 468. The normalized spacial score (nSPS) is 10.6. The summed E-state index contributed by atoms with van der Waals surface area (Å²) in [6, 6.07) is 0. The first-order valence-electron chi connectivity index (χ1n) is 5.02. The summed E-state index contributed by atoms with van der Waals surface area (Å²) >= 11 is 3.35. The number of hydrogen-bond acceptors (Lipinski definition) is 4. The van der Waals surface area contributed by atoms with Crippen LogP contribution in [0.3, 0.4) is 0 Å². The summed E-state index contributed by atoms with van der Waals surface area (Å²) in [5.74, 6) is 0.723. The van der Waals surface area contributed by atoms with Crippen molar-refractivity contribution in [2.45, 2.75) is 13.5 Å². The van der Waals surface area contributed by atoms with Gasteiger partial charge in [-0.1, -0.05) is 6.92 Å². The Morgan fingerprint density at radius 3 is 2.94 bits per heavy atom. The van der Waals surface area contributed by atoms with E-state index in [4.69, 9.17) is 0 Å². The van der Waals surface area contributed by atoms with E-state index in [1.165, 1.54) is 0 Å². The van der Waals surface area contributed by atoms with Crippen molar-refractivity contribution in [1.29, 1.82) is 0 Å². The van der Waals surface area contributed by atoms with Gasteiger partial charge in [0.15, 0.2) is 5.82 Å². The van der Waals surface area contributed by atoms with Crippen LogP contribution in [-0.2, 0) is 6.54 Å². The van der Waals surface area contributed by atoms with Crippen molar-refractivity contribution in [3.05, 3.63) is 35.0 Å². The van der Waals surface area contributed by atoms with Gasteiger partial charge in [-0.05, 0) is 22.5 Å². The largest absolute Gasteiger partial charge is 0.311 e. The molecule has 0 fully saturated rings. The van der Waals surface area contributed by atoms with Gasteiger partial charge in [0.05, 0.1) is 22.6 Å². The summed E-state index contributed by atoms with van der Waals surface area (Å²) in [6.07, 6.45) is 7.01. The molecule has 2 rings (SSSR count). The zero-order valence-electron chi connectivity index (χ0n) is 8.89. The second kappa shape index (κ2) is 5.18. The number of aromatic nitrogens is 4. The minimum absolute atomic E-state index is 0.722. The molecule has 0 saturated carbocycles. The fraction of sp³-hybridized carbons (Fsp3) is 0.300. The van der Waals surface area contributed by atoms with Gasteiger partial charge in [-0.25, -0.2) is 9.67 Å². The lowest BCUT2D eigenvalue weighted by atomic mass is 10.4. The first-order valence-corrected chi connectivity index (χ1v) is 5.81. The highest BCUT2D eigenvalue weighted by atomic mass is 79.9. The lowest BCUT2D eigenvalue weighted by Gasteiger charge is -2.03. The van der Waals surface area contributed by atoms with E-state index in [1.807, 2.05) is 6.20 Å². The summed E-state index contributed by atoms with van der Waals surface area (Å²) in [5, 5.41) is 7.36. The molecule has 0 amide bonds. The predicted octanol–water partition coefficient (Wildman–Crippen LogP) is 1.53. The summed E-state index contributed by atoms with van der Waals surface area (Å²) in [6.45, 7) is 3.70. The van der Waals surface area contributed by atoms with Gasteiger partial charge in [-0.2, -0.15) is 5.10 Å². The van der Waals surface area contributed by atoms with Crippen molar-refractivity contribution >= 4 is 15.9 Å². The van der Waals surface area contributed by atoms with E-state index in [2.05, 4.69) is 43.2 Å². The van der Waals surface area contributed by atoms with Crippen LogP contribution in [0, 0.1) is 0 Å². The molecule has 1 N–H and O–H groups in total. The van der Waals surface area contributed by atoms with E-state index >= 15 is 0 Å². The van der Waals surface area contributed by atoms with Gasteiger partial charge in [0, 0.05) is 18.9 Å². The lowest BCUT2D eigenvalue weighted by molar-refractivity contribution is 0.699. The predicted molar refractivity (Wildman–Crippen MR) is 64.2 cm³/mol. The maximum Gasteiger partial charge on any atom is 0.172 e. The molecule has 0 atom stereocenters. The molecule has 0 aliphatic carbocycles. The van der Waals surface area contributed by atoms with Crippen molar-refractivity contribution in [2.24, 2.45) is 0 Å². The molecule has 2 heterocycles. The van der Waals surface area contributed by atoms with Crippen LogP contribution in [0.2, 0.25) is 0 Å². The van der Waals surface area contributed by atoms with E-state index in [9.17, 15) is 0 Å². The van der Waals surface area contributed by atoms with Gasteiger partial charge in [-0.3, -0.25) is 4.98 Å². The van der Waals surface area contributed by atoms with E-state index in [0.29, 0.717) is 0 Å². The van der Waals surface area contributed by atoms with Crippen LogP contribution in [0.4, 0.5) is 0 Å². The number of rotatable bonds is 4. The minimum atomic E-state index is 0.722. The Kier molecular flexibility index (Phi) is 3.63. The second-order valence-corrected chi connectivity index (χ2v) is 4.17. The van der Waals surface area contributed by atoms with Crippen LogP contribution >= 0.6 is 15.9 Å². The molecule has 0 aliphatic rings.